The Kier molecular flexibility index (Phi) is 4.21. The molecule has 20 heavy (non-hydrogen) atoms. The highest BCUT2D eigenvalue weighted by Gasteiger charge is 2.08. The van der Waals surface area contributed by atoms with E-state index < -0.39 is 0 Å². The zero-order chi connectivity index (χ0) is 14.5. The third-order valence-corrected chi connectivity index (χ3v) is 3.09. The zero-order valence-electron chi connectivity index (χ0n) is 11.6. The van der Waals surface area contributed by atoms with Crippen LogP contribution >= 0.6 is 0 Å². The van der Waals surface area contributed by atoms with Crippen molar-refractivity contribution < 1.29 is 4.74 Å². The molecule has 2 aromatic rings. The van der Waals surface area contributed by atoms with Gasteiger partial charge in [0, 0.05) is 18.2 Å². The second kappa shape index (κ2) is 6.07. The number of aromatic nitrogens is 1. The van der Waals surface area contributed by atoms with Gasteiger partial charge in [-0.1, -0.05) is 18.2 Å². The van der Waals surface area contributed by atoms with Crippen molar-refractivity contribution in [2.24, 2.45) is 7.05 Å². The largest absolute Gasteiger partial charge is 0.494 e. The SMILES string of the molecule is CCOc1cccc(-c2ccc(CC#N)c(=O)n2C)c1. The van der Waals surface area contributed by atoms with Gasteiger partial charge in [-0.25, -0.2) is 0 Å². The van der Waals surface area contributed by atoms with E-state index in [9.17, 15) is 4.79 Å². The highest BCUT2D eigenvalue weighted by molar-refractivity contribution is 5.62. The van der Waals surface area contributed by atoms with Crippen molar-refractivity contribution in [3.8, 4) is 23.1 Å². The van der Waals surface area contributed by atoms with E-state index in [1.54, 1.807) is 17.7 Å². The van der Waals surface area contributed by atoms with Gasteiger partial charge in [0.2, 0.25) is 0 Å². The molecule has 0 saturated heterocycles. The van der Waals surface area contributed by atoms with Crippen molar-refractivity contribution in [2.75, 3.05) is 6.61 Å². The summed E-state index contributed by atoms with van der Waals surface area (Å²) >= 11 is 0. The first-order valence-corrected chi connectivity index (χ1v) is 6.46. The first-order valence-electron chi connectivity index (χ1n) is 6.46. The lowest BCUT2D eigenvalue weighted by molar-refractivity contribution is 0.340. The second-order valence-electron chi connectivity index (χ2n) is 4.40. The van der Waals surface area contributed by atoms with Gasteiger partial charge >= 0.3 is 0 Å². The van der Waals surface area contributed by atoms with Gasteiger partial charge in [0.25, 0.3) is 5.56 Å². The van der Waals surface area contributed by atoms with Crippen molar-refractivity contribution in [3.05, 3.63) is 52.3 Å². The van der Waals surface area contributed by atoms with Crippen LogP contribution < -0.4 is 10.3 Å². The average molecular weight is 268 g/mol. The van der Waals surface area contributed by atoms with E-state index >= 15 is 0 Å². The molecule has 0 aliphatic rings. The molecular weight excluding hydrogens is 252 g/mol. The molecule has 1 aromatic heterocycles. The Labute approximate surface area is 117 Å². The maximum Gasteiger partial charge on any atom is 0.255 e. The molecule has 0 radical (unpaired) electrons. The fraction of sp³-hybridized carbons (Fsp3) is 0.250. The van der Waals surface area contributed by atoms with Crippen LogP contribution in [0.25, 0.3) is 11.3 Å². The molecule has 1 aromatic carbocycles. The zero-order valence-corrected chi connectivity index (χ0v) is 11.6. The Bertz CT molecular complexity index is 711. The highest BCUT2D eigenvalue weighted by Crippen LogP contribution is 2.22. The molecule has 0 fully saturated rings. The lowest BCUT2D eigenvalue weighted by Crippen LogP contribution is -2.21. The van der Waals surface area contributed by atoms with Gasteiger partial charge in [-0.05, 0) is 25.1 Å². The van der Waals surface area contributed by atoms with E-state index in [1.165, 1.54) is 0 Å². The Hall–Kier alpha value is -2.54. The smallest absolute Gasteiger partial charge is 0.255 e. The summed E-state index contributed by atoms with van der Waals surface area (Å²) in [5, 5.41) is 8.70. The van der Waals surface area contributed by atoms with Crippen LogP contribution in [0.15, 0.2) is 41.2 Å². The molecule has 0 bridgehead atoms. The maximum absolute atomic E-state index is 12.1. The Balaban J connectivity index is 2.49. The van der Waals surface area contributed by atoms with Crippen LogP contribution in [0.2, 0.25) is 0 Å². The van der Waals surface area contributed by atoms with Gasteiger partial charge in [-0.3, -0.25) is 4.79 Å². The van der Waals surface area contributed by atoms with E-state index in [1.807, 2.05) is 43.3 Å². The van der Waals surface area contributed by atoms with E-state index in [-0.39, 0.29) is 12.0 Å². The summed E-state index contributed by atoms with van der Waals surface area (Å²) in [4.78, 5) is 12.1. The van der Waals surface area contributed by atoms with Crippen molar-refractivity contribution in [1.82, 2.24) is 4.57 Å². The van der Waals surface area contributed by atoms with Gasteiger partial charge < -0.3 is 9.30 Å². The fourth-order valence-electron chi connectivity index (χ4n) is 2.11. The second-order valence-corrected chi connectivity index (χ2v) is 4.40. The van der Waals surface area contributed by atoms with E-state index in [0.717, 1.165) is 17.0 Å². The summed E-state index contributed by atoms with van der Waals surface area (Å²) in [7, 11) is 1.71. The number of hydrogen-bond acceptors (Lipinski definition) is 3. The van der Waals surface area contributed by atoms with Crippen molar-refractivity contribution >= 4 is 0 Å². The van der Waals surface area contributed by atoms with Crippen LogP contribution in [-0.4, -0.2) is 11.2 Å². The summed E-state index contributed by atoms with van der Waals surface area (Å²) in [5.41, 5.74) is 2.10. The Morgan fingerprint density at radius 2 is 2.10 bits per heavy atom. The molecule has 0 unspecified atom stereocenters. The third kappa shape index (κ3) is 2.72. The summed E-state index contributed by atoms with van der Waals surface area (Å²) in [6.45, 7) is 2.53. The van der Waals surface area contributed by atoms with Crippen molar-refractivity contribution in [1.29, 1.82) is 5.26 Å². The first-order chi connectivity index (χ1) is 9.67. The standard InChI is InChI=1S/C16H16N2O2/c1-3-20-14-6-4-5-13(11-14)15-8-7-12(9-10-17)16(19)18(15)2/h4-8,11H,3,9H2,1-2H3. The van der Waals surface area contributed by atoms with Crippen LogP contribution in [0, 0.1) is 11.3 Å². The van der Waals surface area contributed by atoms with Gasteiger partial charge in [0.1, 0.15) is 5.75 Å². The molecular formula is C16H16N2O2. The number of rotatable bonds is 4. The van der Waals surface area contributed by atoms with Gasteiger partial charge in [-0.15, -0.1) is 0 Å². The van der Waals surface area contributed by atoms with Crippen LogP contribution in [-0.2, 0) is 13.5 Å². The molecule has 0 amide bonds. The summed E-state index contributed by atoms with van der Waals surface area (Å²) < 4.78 is 7.04. The number of pyridine rings is 1. The third-order valence-electron chi connectivity index (χ3n) is 3.09. The first kappa shape index (κ1) is 13.9. The minimum Gasteiger partial charge on any atom is -0.494 e. The number of benzene rings is 1. The van der Waals surface area contributed by atoms with Gasteiger partial charge in [0.15, 0.2) is 0 Å². The summed E-state index contributed by atoms with van der Waals surface area (Å²) in [5.74, 6) is 0.776. The lowest BCUT2D eigenvalue weighted by atomic mass is 10.1. The summed E-state index contributed by atoms with van der Waals surface area (Å²) in [6, 6.07) is 13.2. The molecule has 102 valence electrons. The van der Waals surface area contributed by atoms with E-state index in [4.69, 9.17) is 10.00 Å². The maximum atomic E-state index is 12.1. The van der Waals surface area contributed by atoms with Crippen molar-refractivity contribution in [2.45, 2.75) is 13.3 Å². The van der Waals surface area contributed by atoms with E-state index in [0.29, 0.717) is 12.2 Å². The molecule has 4 nitrogen and oxygen atoms in total. The van der Waals surface area contributed by atoms with E-state index in [2.05, 4.69) is 0 Å². The minimum atomic E-state index is -0.133. The summed E-state index contributed by atoms with van der Waals surface area (Å²) in [6.07, 6.45) is 0.131. The molecule has 4 heteroatoms. The number of nitrogens with zero attached hydrogens (tertiary/aromatic N) is 2. The van der Waals surface area contributed by atoms with Crippen molar-refractivity contribution in [3.63, 3.8) is 0 Å². The number of ether oxygens (including phenoxy) is 1. The molecule has 0 aliphatic carbocycles. The van der Waals surface area contributed by atoms with Gasteiger partial charge in [0.05, 0.1) is 24.8 Å². The number of nitriles is 1. The molecule has 0 aliphatic heterocycles. The predicted octanol–water partition coefficient (Wildman–Crippen LogP) is 2.52. The normalized spacial score (nSPS) is 10.1. The molecule has 1 heterocycles. The number of hydrogen-bond donors (Lipinski definition) is 0. The quantitative estimate of drug-likeness (QED) is 0.856. The fourth-order valence-corrected chi connectivity index (χ4v) is 2.11. The van der Waals surface area contributed by atoms with Crippen LogP contribution in [0.3, 0.4) is 0 Å². The molecule has 2 rings (SSSR count). The average Bonchev–Trinajstić information content (AvgIpc) is 2.45. The molecule has 0 N–H and O–H groups in total. The Morgan fingerprint density at radius 1 is 1.30 bits per heavy atom. The van der Waals surface area contributed by atoms with Gasteiger partial charge in [-0.2, -0.15) is 5.26 Å². The monoisotopic (exact) mass is 268 g/mol. The predicted molar refractivity (Wildman–Crippen MR) is 77.6 cm³/mol. The van der Waals surface area contributed by atoms with Crippen LogP contribution in [0.5, 0.6) is 5.75 Å². The lowest BCUT2D eigenvalue weighted by Gasteiger charge is -2.11. The Morgan fingerprint density at radius 3 is 2.80 bits per heavy atom. The molecule has 0 atom stereocenters. The molecule has 0 saturated carbocycles. The van der Waals surface area contributed by atoms with Crippen LogP contribution in [0.1, 0.15) is 12.5 Å². The topological polar surface area (TPSA) is 55.0 Å². The molecule has 0 spiro atoms. The van der Waals surface area contributed by atoms with Crippen LogP contribution in [0.4, 0.5) is 0 Å². The highest BCUT2D eigenvalue weighted by atomic mass is 16.5. The minimum absolute atomic E-state index is 0.131.